The van der Waals surface area contributed by atoms with Crippen LogP contribution in [-0.2, 0) is 6.42 Å². The number of hydrogen-bond donors (Lipinski definition) is 0. The van der Waals surface area contributed by atoms with E-state index in [2.05, 4.69) is 26.0 Å². The van der Waals surface area contributed by atoms with Crippen LogP contribution in [-0.4, -0.2) is 0 Å². The SMILES string of the molecule is CC(C)Cc1cccc(Oc2ccc(Cl)cc2)c1. The van der Waals surface area contributed by atoms with E-state index in [9.17, 15) is 0 Å². The highest BCUT2D eigenvalue weighted by Crippen LogP contribution is 2.24. The average Bonchev–Trinajstić information content (AvgIpc) is 2.32. The van der Waals surface area contributed by atoms with Crippen molar-refractivity contribution >= 4 is 11.6 Å². The van der Waals surface area contributed by atoms with Crippen molar-refractivity contribution in [1.82, 2.24) is 0 Å². The van der Waals surface area contributed by atoms with E-state index in [0.717, 1.165) is 22.9 Å². The molecule has 0 fully saturated rings. The van der Waals surface area contributed by atoms with Gasteiger partial charge in [-0.05, 0) is 54.3 Å². The summed E-state index contributed by atoms with van der Waals surface area (Å²) in [4.78, 5) is 0. The highest BCUT2D eigenvalue weighted by molar-refractivity contribution is 6.30. The van der Waals surface area contributed by atoms with Gasteiger partial charge in [0.05, 0.1) is 0 Å². The molecule has 0 saturated heterocycles. The lowest BCUT2D eigenvalue weighted by Gasteiger charge is -2.09. The van der Waals surface area contributed by atoms with Gasteiger partial charge in [0.25, 0.3) is 0 Å². The fraction of sp³-hybridized carbons (Fsp3) is 0.250. The Labute approximate surface area is 113 Å². The van der Waals surface area contributed by atoms with Gasteiger partial charge in [-0.2, -0.15) is 0 Å². The molecule has 2 rings (SSSR count). The van der Waals surface area contributed by atoms with Gasteiger partial charge in [0.15, 0.2) is 0 Å². The standard InChI is InChI=1S/C16H17ClO/c1-12(2)10-13-4-3-5-16(11-13)18-15-8-6-14(17)7-9-15/h3-9,11-12H,10H2,1-2H3. The maximum absolute atomic E-state index is 5.84. The Balaban J connectivity index is 2.11. The van der Waals surface area contributed by atoms with Gasteiger partial charge in [0.1, 0.15) is 11.5 Å². The Bertz CT molecular complexity index is 503. The minimum absolute atomic E-state index is 0.649. The molecule has 0 heterocycles. The van der Waals surface area contributed by atoms with Crippen molar-refractivity contribution in [3.63, 3.8) is 0 Å². The van der Waals surface area contributed by atoms with Crippen LogP contribution in [0.2, 0.25) is 5.02 Å². The van der Waals surface area contributed by atoms with Crippen LogP contribution < -0.4 is 4.74 Å². The van der Waals surface area contributed by atoms with Gasteiger partial charge < -0.3 is 4.74 Å². The summed E-state index contributed by atoms with van der Waals surface area (Å²) in [7, 11) is 0. The molecule has 0 bridgehead atoms. The fourth-order valence-electron chi connectivity index (χ4n) is 1.85. The number of hydrogen-bond acceptors (Lipinski definition) is 1. The van der Waals surface area contributed by atoms with E-state index in [1.54, 1.807) is 0 Å². The number of benzene rings is 2. The second-order valence-corrected chi connectivity index (χ2v) is 5.24. The normalized spacial score (nSPS) is 10.7. The zero-order chi connectivity index (χ0) is 13.0. The molecule has 0 radical (unpaired) electrons. The molecule has 0 atom stereocenters. The van der Waals surface area contributed by atoms with E-state index >= 15 is 0 Å². The predicted molar refractivity (Wildman–Crippen MR) is 76.5 cm³/mol. The molecule has 0 saturated carbocycles. The van der Waals surface area contributed by atoms with Gasteiger partial charge in [0.2, 0.25) is 0 Å². The third kappa shape index (κ3) is 3.78. The minimum atomic E-state index is 0.649. The van der Waals surface area contributed by atoms with Crippen molar-refractivity contribution in [2.45, 2.75) is 20.3 Å². The molecule has 0 aliphatic rings. The molecule has 0 N–H and O–H groups in total. The van der Waals surface area contributed by atoms with Gasteiger partial charge in [-0.15, -0.1) is 0 Å². The molecule has 18 heavy (non-hydrogen) atoms. The largest absolute Gasteiger partial charge is 0.457 e. The summed E-state index contributed by atoms with van der Waals surface area (Å²) >= 11 is 5.84. The molecule has 2 aromatic rings. The fourth-order valence-corrected chi connectivity index (χ4v) is 1.97. The van der Waals surface area contributed by atoms with Crippen LogP contribution in [0, 0.1) is 5.92 Å². The predicted octanol–water partition coefficient (Wildman–Crippen LogP) is 5.33. The Morgan fingerprint density at radius 1 is 1.00 bits per heavy atom. The molecule has 2 aromatic carbocycles. The van der Waals surface area contributed by atoms with Crippen LogP contribution >= 0.6 is 11.6 Å². The minimum Gasteiger partial charge on any atom is -0.457 e. The summed E-state index contributed by atoms with van der Waals surface area (Å²) in [5.74, 6) is 2.33. The lowest BCUT2D eigenvalue weighted by molar-refractivity contribution is 0.481. The smallest absolute Gasteiger partial charge is 0.127 e. The molecule has 0 aliphatic carbocycles. The summed E-state index contributed by atoms with van der Waals surface area (Å²) in [6, 6.07) is 15.6. The van der Waals surface area contributed by atoms with E-state index < -0.39 is 0 Å². The summed E-state index contributed by atoms with van der Waals surface area (Å²) in [6.45, 7) is 4.43. The van der Waals surface area contributed by atoms with Crippen molar-refractivity contribution < 1.29 is 4.74 Å². The van der Waals surface area contributed by atoms with Crippen LogP contribution in [0.25, 0.3) is 0 Å². The quantitative estimate of drug-likeness (QED) is 0.722. The first-order chi connectivity index (χ1) is 8.63. The summed E-state index contributed by atoms with van der Waals surface area (Å²) in [6.07, 6.45) is 1.07. The van der Waals surface area contributed by atoms with Gasteiger partial charge in [-0.25, -0.2) is 0 Å². The van der Waals surface area contributed by atoms with Crippen molar-refractivity contribution in [3.8, 4) is 11.5 Å². The molecule has 0 aromatic heterocycles. The first kappa shape index (κ1) is 13.0. The molecular formula is C16H17ClO. The summed E-state index contributed by atoms with van der Waals surface area (Å²) in [5, 5.41) is 0.718. The molecular weight excluding hydrogens is 244 g/mol. The van der Waals surface area contributed by atoms with Crippen LogP contribution in [0.4, 0.5) is 0 Å². The lowest BCUT2D eigenvalue weighted by Crippen LogP contribution is -1.94. The van der Waals surface area contributed by atoms with E-state index in [1.807, 2.05) is 36.4 Å². The Morgan fingerprint density at radius 3 is 2.39 bits per heavy atom. The van der Waals surface area contributed by atoms with E-state index in [0.29, 0.717) is 5.92 Å². The third-order valence-electron chi connectivity index (χ3n) is 2.59. The second-order valence-electron chi connectivity index (χ2n) is 4.80. The highest BCUT2D eigenvalue weighted by Gasteiger charge is 2.01. The Morgan fingerprint density at radius 2 is 1.72 bits per heavy atom. The zero-order valence-electron chi connectivity index (χ0n) is 10.7. The molecule has 0 spiro atoms. The first-order valence-electron chi connectivity index (χ1n) is 6.16. The number of halogens is 1. The second kappa shape index (κ2) is 5.92. The maximum Gasteiger partial charge on any atom is 0.127 e. The molecule has 1 nitrogen and oxygen atoms in total. The maximum atomic E-state index is 5.84. The summed E-state index contributed by atoms with van der Waals surface area (Å²) < 4.78 is 5.80. The van der Waals surface area contributed by atoms with Crippen molar-refractivity contribution in [2.75, 3.05) is 0 Å². The molecule has 2 heteroatoms. The van der Waals surface area contributed by atoms with E-state index in [1.165, 1.54) is 5.56 Å². The Kier molecular flexibility index (Phi) is 4.27. The highest BCUT2D eigenvalue weighted by atomic mass is 35.5. The van der Waals surface area contributed by atoms with Crippen molar-refractivity contribution in [2.24, 2.45) is 5.92 Å². The number of ether oxygens (including phenoxy) is 1. The molecule has 0 amide bonds. The number of rotatable bonds is 4. The topological polar surface area (TPSA) is 9.23 Å². The van der Waals surface area contributed by atoms with Crippen LogP contribution in [0.3, 0.4) is 0 Å². The van der Waals surface area contributed by atoms with Crippen LogP contribution in [0.1, 0.15) is 19.4 Å². The molecule has 0 unspecified atom stereocenters. The van der Waals surface area contributed by atoms with Crippen molar-refractivity contribution in [1.29, 1.82) is 0 Å². The molecule has 0 aliphatic heterocycles. The van der Waals surface area contributed by atoms with E-state index in [-0.39, 0.29) is 0 Å². The third-order valence-corrected chi connectivity index (χ3v) is 2.84. The van der Waals surface area contributed by atoms with Crippen LogP contribution in [0.15, 0.2) is 48.5 Å². The first-order valence-corrected chi connectivity index (χ1v) is 6.53. The van der Waals surface area contributed by atoms with Crippen LogP contribution in [0.5, 0.6) is 11.5 Å². The van der Waals surface area contributed by atoms with Gasteiger partial charge >= 0.3 is 0 Å². The zero-order valence-corrected chi connectivity index (χ0v) is 11.4. The summed E-state index contributed by atoms with van der Waals surface area (Å²) in [5.41, 5.74) is 1.30. The van der Waals surface area contributed by atoms with Gasteiger partial charge in [-0.3, -0.25) is 0 Å². The Hall–Kier alpha value is -1.47. The van der Waals surface area contributed by atoms with E-state index in [4.69, 9.17) is 16.3 Å². The lowest BCUT2D eigenvalue weighted by atomic mass is 10.0. The molecule has 94 valence electrons. The average molecular weight is 261 g/mol. The van der Waals surface area contributed by atoms with Crippen molar-refractivity contribution in [3.05, 3.63) is 59.1 Å². The monoisotopic (exact) mass is 260 g/mol. The van der Waals surface area contributed by atoms with Gasteiger partial charge in [-0.1, -0.05) is 37.6 Å². The van der Waals surface area contributed by atoms with Gasteiger partial charge in [0, 0.05) is 5.02 Å².